The van der Waals surface area contributed by atoms with Gasteiger partial charge >= 0.3 is 0 Å². The average Bonchev–Trinajstić information content (AvgIpc) is 2.93. The van der Waals surface area contributed by atoms with E-state index in [0.717, 1.165) is 37.5 Å². The highest BCUT2D eigenvalue weighted by molar-refractivity contribution is 6.30. The molecule has 7 heteroatoms. The predicted molar refractivity (Wildman–Crippen MR) is 147 cm³/mol. The zero-order valence-corrected chi connectivity index (χ0v) is 21.6. The van der Waals surface area contributed by atoms with Gasteiger partial charge in [-0.1, -0.05) is 60.1 Å². The SMILES string of the molecule is O=C(C=Cc1ccc(O)c(O)c1)N1CCN(CCCOC(Cc2ccc(Cl)cc2)c2ccccc2)CC1. The Morgan fingerprint density at radius 1 is 0.946 bits per heavy atom. The third-order valence-corrected chi connectivity index (χ3v) is 6.80. The molecule has 4 rings (SSSR count). The number of hydrogen-bond acceptors (Lipinski definition) is 5. The molecule has 37 heavy (non-hydrogen) atoms. The quantitative estimate of drug-likeness (QED) is 0.216. The molecule has 0 saturated carbocycles. The fourth-order valence-corrected chi connectivity index (χ4v) is 4.52. The third-order valence-electron chi connectivity index (χ3n) is 6.55. The second-order valence-electron chi connectivity index (χ2n) is 9.20. The van der Waals surface area contributed by atoms with Gasteiger partial charge < -0.3 is 19.8 Å². The van der Waals surface area contributed by atoms with Gasteiger partial charge in [0.05, 0.1) is 6.10 Å². The van der Waals surface area contributed by atoms with E-state index < -0.39 is 0 Å². The summed E-state index contributed by atoms with van der Waals surface area (Å²) < 4.78 is 6.34. The number of ether oxygens (including phenoxy) is 1. The number of hydrogen-bond donors (Lipinski definition) is 2. The number of amides is 1. The Kier molecular flexibility index (Phi) is 9.60. The van der Waals surface area contributed by atoms with Gasteiger partial charge in [-0.05, 0) is 53.5 Å². The maximum Gasteiger partial charge on any atom is 0.246 e. The van der Waals surface area contributed by atoms with Gasteiger partial charge in [0.15, 0.2) is 11.5 Å². The fourth-order valence-electron chi connectivity index (χ4n) is 4.40. The predicted octanol–water partition coefficient (Wildman–Crippen LogP) is 5.30. The van der Waals surface area contributed by atoms with E-state index >= 15 is 0 Å². The number of nitrogens with zero attached hydrogens (tertiary/aromatic N) is 2. The summed E-state index contributed by atoms with van der Waals surface area (Å²) in [4.78, 5) is 16.8. The normalized spacial score (nSPS) is 15.2. The average molecular weight is 521 g/mol. The van der Waals surface area contributed by atoms with Crippen LogP contribution in [-0.2, 0) is 16.0 Å². The Bertz CT molecular complexity index is 1180. The number of rotatable bonds is 10. The van der Waals surface area contributed by atoms with E-state index in [0.29, 0.717) is 25.3 Å². The van der Waals surface area contributed by atoms with Crippen molar-refractivity contribution >= 4 is 23.6 Å². The van der Waals surface area contributed by atoms with Crippen LogP contribution in [0.25, 0.3) is 6.08 Å². The van der Waals surface area contributed by atoms with Gasteiger partial charge in [-0.3, -0.25) is 9.69 Å². The molecular weight excluding hydrogens is 488 g/mol. The molecule has 1 unspecified atom stereocenters. The summed E-state index contributed by atoms with van der Waals surface area (Å²) in [6, 6.07) is 22.7. The van der Waals surface area contributed by atoms with E-state index in [1.165, 1.54) is 29.3 Å². The Labute approximate surface area is 223 Å². The molecule has 2 N–H and O–H groups in total. The number of phenolic OH excluding ortho intramolecular Hbond substituents is 2. The molecule has 0 bridgehead atoms. The molecule has 1 atom stereocenters. The first-order chi connectivity index (χ1) is 18.0. The van der Waals surface area contributed by atoms with Gasteiger partial charge in [-0.25, -0.2) is 0 Å². The van der Waals surface area contributed by atoms with E-state index in [-0.39, 0.29) is 23.5 Å². The molecule has 1 amide bonds. The molecule has 1 saturated heterocycles. The number of benzene rings is 3. The highest BCUT2D eigenvalue weighted by atomic mass is 35.5. The fraction of sp³-hybridized carbons (Fsp3) is 0.300. The largest absolute Gasteiger partial charge is 0.504 e. The maximum absolute atomic E-state index is 12.6. The Morgan fingerprint density at radius 3 is 2.38 bits per heavy atom. The zero-order valence-electron chi connectivity index (χ0n) is 20.8. The molecule has 3 aromatic rings. The van der Waals surface area contributed by atoms with Crippen LogP contribution in [-0.4, -0.2) is 65.3 Å². The number of carbonyl (C=O) groups excluding carboxylic acids is 1. The van der Waals surface area contributed by atoms with Gasteiger partial charge in [-0.15, -0.1) is 0 Å². The molecule has 194 valence electrons. The minimum atomic E-state index is -0.202. The lowest BCUT2D eigenvalue weighted by molar-refractivity contribution is -0.127. The number of aromatic hydroxyl groups is 2. The molecule has 1 fully saturated rings. The molecule has 0 radical (unpaired) electrons. The van der Waals surface area contributed by atoms with Crippen LogP contribution < -0.4 is 0 Å². The first kappa shape index (κ1) is 26.7. The van der Waals surface area contributed by atoms with Crippen LogP contribution in [0.15, 0.2) is 78.9 Å². The molecule has 0 spiro atoms. The lowest BCUT2D eigenvalue weighted by atomic mass is 10.0. The van der Waals surface area contributed by atoms with Gasteiger partial charge in [-0.2, -0.15) is 0 Å². The second kappa shape index (κ2) is 13.3. The summed E-state index contributed by atoms with van der Waals surface area (Å²) in [5.74, 6) is -0.433. The Morgan fingerprint density at radius 2 is 1.68 bits per heavy atom. The summed E-state index contributed by atoms with van der Waals surface area (Å²) in [6.07, 6.45) is 4.86. The van der Waals surface area contributed by atoms with Crippen LogP contribution in [0.5, 0.6) is 11.5 Å². The number of phenols is 2. The minimum Gasteiger partial charge on any atom is -0.504 e. The van der Waals surface area contributed by atoms with Crippen molar-refractivity contribution in [2.45, 2.75) is 18.9 Å². The number of carbonyl (C=O) groups is 1. The first-order valence-corrected chi connectivity index (χ1v) is 13.0. The number of halogens is 1. The minimum absolute atomic E-state index is 0.0147. The lowest BCUT2D eigenvalue weighted by Gasteiger charge is -2.34. The number of piperazine rings is 1. The second-order valence-corrected chi connectivity index (χ2v) is 9.64. The van der Waals surface area contributed by atoms with Gasteiger partial charge in [0.2, 0.25) is 5.91 Å². The zero-order chi connectivity index (χ0) is 26.0. The molecule has 1 aliphatic rings. The van der Waals surface area contributed by atoms with Crippen molar-refractivity contribution in [2.75, 3.05) is 39.3 Å². The van der Waals surface area contributed by atoms with Crippen LogP contribution in [0, 0.1) is 0 Å². The summed E-state index contributed by atoms with van der Waals surface area (Å²) >= 11 is 6.04. The molecular formula is C30H33ClN2O4. The standard InChI is InChI=1S/C30H33ClN2O4/c31-26-11-7-24(8-12-26)22-29(25-5-2-1-3-6-25)37-20-4-15-32-16-18-33(19-17-32)30(36)14-10-23-9-13-27(34)28(35)21-23/h1-3,5-14,21,29,34-35H,4,15-20,22H2. The van der Waals surface area contributed by atoms with Gasteiger partial charge in [0.25, 0.3) is 0 Å². The summed E-state index contributed by atoms with van der Waals surface area (Å²) in [6.45, 7) is 4.59. The molecule has 0 aromatic heterocycles. The lowest BCUT2D eigenvalue weighted by Crippen LogP contribution is -2.48. The van der Waals surface area contributed by atoms with E-state index in [9.17, 15) is 15.0 Å². The van der Waals surface area contributed by atoms with Crippen molar-refractivity contribution in [3.63, 3.8) is 0 Å². The highest BCUT2D eigenvalue weighted by Crippen LogP contribution is 2.26. The molecule has 0 aliphatic carbocycles. The van der Waals surface area contributed by atoms with Crippen molar-refractivity contribution in [1.29, 1.82) is 0 Å². The van der Waals surface area contributed by atoms with Crippen LogP contribution >= 0.6 is 11.6 Å². The Balaban J connectivity index is 1.20. The molecule has 3 aromatic carbocycles. The summed E-state index contributed by atoms with van der Waals surface area (Å²) in [5, 5.41) is 19.7. The maximum atomic E-state index is 12.6. The molecule has 1 aliphatic heterocycles. The third kappa shape index (κ3) is 8.09. The molecule has 1 heterocycles. The highest BCUT2D eigenvalue weighted by Gasteiger charge is 2.20. The van der Waals surface area contributed by atoms with Crippen LogP contribution in [0.2, 0.25) is 5.02 Å². The summed E-state index contributed by atoms with van der Waals surface area (Å²) in [5.41, 5.74) is 3.02. The van der Waals surface area contributed by atoms with Gasteiger partial charge in [0, 0.05) is 56.9 Å². The summed E-state index contributed by atoms with van der Waals surface area (Å²) in [7, 11) is 0. The van der Waals surface area contributed by atoms with Crippen molar-refractivity contribution in [3.05, 3.63) is 101 Å². The Hall–Kier alpha value is -3.32. The molecule has 6 nitrogen and oxygen atoms in total. The monoisotopic (exact) mass is 520 g/mol. The van der Waals surface area contributed by atoms with E-state index in [2.05, 4.69) is 17.0 Å². The first-order valence-electron chi connectivity index (χ1n) is 12.6. The van der Waals surface area contributed by atoms with E-state index in [1.54, 1.807) is 12.1 Å². The van der Waals surface area contributed by atoms with Crippen LogP contribution in [0.4, 0.5) is 0 Å². The van der Waals surface area contributed by atoms with Gasteiger partial charge in [0.1, 0.15) is 0 Å². The smallest absolute Gasteiger partial charge is 0.246 e. The van der Waals surface area contributed by atoms with Crippen LogP contribution in [0.3, 0.4) is 0 Å². The van der Waals surface area contributed by atoms with Crippen molar-refractivity contribution < 1.29 is 19.7 Å². The van der Waals surface area contributed by atoms with E-state index in [4.69, 9.17) is 16.3 Å². The van der Waals surface area contributed by atoms with Crippen molar-refractivity contribution in [1.82, 2.24) is 9.80 Å². The van der Waals surface area contributed by atoms with Crippen LogP contribution in [0.1, 0.15) is 29.2 Å². The van der Waals surface area contributed by atoms with Crippen molar-refractivity contribution in [2.24, 2.45) is 0 Å². The van der Waals surface area contributed by atoms with Crippen molar-refractivity contribution in [3.8, 4) is 11.5 Å². The topological polar surface area (TPSA) is 73.2 Å². The van der Waals surface area contributed by atoms with E-state index in [1.807, 2.05) is 47.4 Å².